The summed E-state index contributed by atoms with van der Waals surface area (Å²) in [4.78, 5) is 25.6. The standard InChI is InChI=1S/C12H22N2O3/c1-5-9(7-17-4)14-10(15)6-13-12(16)11(14)8(2)3/h8-9,11H,5-7H2,1-4H3,(H,13,16). The molecular formula is C12H22N2O3. The lowest BCUT2D eigenvalue weighted by molar-refractivity contribution is -0.151. The Hall–Kier alpha value is -1.10. The molecule has 1 fully saturated rings. The van der Waals surface area contributed by atoms with Crippen LogP contribution in [0.2, 0.25) is 0 Å². The monoisotopic (exact) mass is 242 g/mol. The molecule has 1 aliphatic rings. The lowest BCUT2D eigenvalue weighted by atomic mass is 9.96. The molecule has 2 amide bonds. The number of rotatable bonds is 5. The lowest BCUT2D eigenvalue weighted by Crippen LogP contribution is -2.63. The van der Waals surface area contributed by atoms with Crippen LogP contribution in [0.4, 0.5) is 0 Å². The molecule has 1 N–H and O–H groups in total. The van der Waals surface area contributed by atoms with E-state index in [1.807, 2.05) is 20.8 Å². The second kappa shape index (κ2) is 6.00. The summed E-state index contributed by atoms with van der Waals surface area (Å²) < 4.78 is 5.13. The Bertz CT molecular complexity index is 291. The first-order chi connectivity index (χ1) is 8.02. The van der Waals surface area contributed by atoms with E-state index >= 15 is 0 Å². The van der Waals surface area contributed by atoms with E-state index < -0.39 is 0 Å². The van der Waals surface area contributed by atoms with Gasteiger partial charge in [0.1, 0.15) is 6.04 Å². The number of nitrogens with zero attached hydrogens (tertiary/aromatic N) is 1. The van der Waals surface area contributed by atoms with Crippen LogP contribution in [0.3, 0.4) is 0 Å². The molecule has 5 heteroatoms. The van der Waals surface area contributed by atoms with Crippen molar-refractivity contribution in [2.45, 2.75) is 39.3 Å². The van der Waals surface area contributed by atoms with Gasteiger partial charge in [-0.3, -0.25) is 9.59 Å². The minimum Gasteiger partial charge on any atom is -0.383 e. The molecule has 0 saturated carbocycles. The van der Waals surface area contributed by atoms with Crippen LogP contribution >= 0.6 is 0 Å². The summed E-state index contributed by atoms with van der Waals surface area (Å²) in [6.45, 7) is 6.48. The first-order valence-corrected chi connectivity index (χ1v) is 6.10. The molecule has 5 nitrogen and oxygen atoms in total. The number of hydrogen-bond acceptors (Lipinski definition) is 3. The topological polar surface area (TPSA) is 58.6 Å². The fourth-order valence-electron chi connectivity index (χ4n) is 2.28. The zero-order valence-corrected chi connectivity index (χ0v) is 11.0. The van der Waals surface area contributed by atoms with Gasteiger partial charge < -0.3 is 15.0 Å². The molecule has 17 heavy (non-hydrogen) atoms. The normalized spacial score (nSPS) is 22.9. The Kier molecular flexibility index (Phi) is 4.93. The quantitative estimate of drug-likeness (QED) is 0.759. The maximum absolute atomic E-state index is 12.0. The minimum absolute atomic E-state index is 0.0211. The molecule has 1 heterocycles. The van der Waals surface area contributed by atoms with Crippen LogP contribution < -0.4 is 5.32 Å². The highest BCUT2D eigenvalue weighted by atomic mass is 16.5. The summed E-state index contributed by atoms with van der Waals surface area (Å²) in [5, 5.41) is 2.64. The van der Waals surface area contributed by atoms with Crippen molar-refractivity contribution >= 4 is 11.8 Å². The molecule has 0 radical (unpaired) electrons. The lowest BCUT2D eigenvalue weighted by Gasteiger charge is -2.41. The van der Waals surface area contributed by atoms with E-state index in [1.165, 1.54) is 0 Å². The van der Waals surface area contributed by atoms with Crippen molar-refractivity contribution < 1.29 is 14.3 Å². The highest BCUT2D eigenvalue weighted by Gasteiger charge is 2.39. The molecule has 1 aliphatic heterocycles. The van der Waals surface area contributed by atoms with Gasteiger partial charge in [-0.25, -0.2) is 0 Å². The number of amides is 2. The van der Waals surface area contributed by atoms with Crippen molar-refractivity contribution in [3.8, 4) is 0 Å². The average Bonchev–Trinajstić information content (AvgIpc) is 2.28. The Labute approximate surface area is 102 Å². The number of hydrogen-bond donors (Lipinski definition) is 1. The zero-order valence-electron chi connectivity index (χ0n) is 11.0. The molecule has 1 rings (SSSR count). The van der Waals surface area contributed by atoms with Gasteiger partial charge in [0.2, 0.25) is 11.8 Å². The Morgan fingerprint density at radius 1 is 1.47 bits per heavy atom. The minimum atomic E-state index is -0.378. The van der Waals surface area contributed by atoms with E-state index in [1.54, 1.807) is 12.0 Å². The van der Waals surface area contributed by atoms with Crippen molar-refractivity contribution in [2.75, 3.05) is 20.3 Å². The number of ether oxygens (including phenoxy) is 1. The third kappa shape index (κ3) is 2.97. The molecule has 0 spiro atoms. The number of carbonyl (C=O) groups is 2. The molecule has 0 aliphatic carbocycles. The van der Waals surface area contributed by atoms with Gasteiger partial charge >= 0.3 is 0 Å². The van der Waals surface area contributed by atoms with E-state index in [9.17, 15) is 9.59 Å². The van der Waals surface area contributed by atoms with E-state index in [-0.39, 0.29) is 36.4 Å². The van der Waals surface area contributed by atoms with Crippen molar-refractivity contribution in [3.63, 3.8) is 0 Å². The Balaban J connectivity index is 2.94. The number of piperazine rings is 1. The van der Waals surface area contributed by atoms with Gasteiger partial charge in [-0.1, -0.05) is 20.8 Å². The number of nitrogens with one attached hydrogen (secondary N) is 1. The zero-order chi connectivity index (χ0) is 13.0. The smallest absolute Gasteiger partial charge is 0.243 e. The van der Waals surface area contributed by atoms with Crippen molar-refractivity contribution in [1.29, 1.82) is 0 Å². The summed E-state index contributed by atoms with van der Waals surface area (Å²) in [6, 6.07) is -0.401. The second-order valence-corrected chi connectivity index (χ2v) is 4.73. The number of methoxy groups -OCH3 is 1. The van der Waals surface area contributed by atoms with Crippen LogP contribution in [-0.2, 0) is 14.3 Å². The predicted octanol–water partition coefficient (Wildman–Crippen LogP) is 0.394. The van der Waals surface area contributed by atoms with Gasteiger partial charge in [-0.05, 0) is 12.3 Å². The van der Waals surface area contributed by atoms with Gasteiger partial charge in [0, 0.05) is 7.11 Å². The van der Waals surface area contributed by atoms with E-state index in [2.05, 4.69) is 5.32 Å². The molecule has 0 aromatic rings. The van der Waals surface area contributed by atoms with Gasteiger partial charge in [-0.2, -0.15) is 0 Å². The highest BCUT2D eigenvalue weighted by Crippen LogP contribution is 2.19. The van der Waals surface area contributed by atoms with Crippen LogP contribution in [-0.4, -0.2) is 49.1 Å². The summed E-state index contributed by atoms with van der Waals surface area (Å²) in [5.74, 6) is 0.0199. The van der Waals surface area contributed by atoms with Crippen molar-refractivity contribution in [2.24, 2.45) is 5.92 Å². The first-order valence-electron chi connectivity index (χ1n) is 6.10. The summed E-state index contributed by atoms with van der Waals surface area (Å²) >= 11 is 0. The molecule has 0 bridgehead atoms. The summed E-state index contributed by atoms with van der Waals surface area (Å²) in [6.07, 6.45) is 0.788. The summed E-state index contributed by atoms with van der Waals surface area (Å²) in [7, 11) is 1.61. The molecular weight excluding hydrogens is 220 g/mol. The van der Waals surface area contributed by atoms with E-state index in [4.69, 9.17) is 4.74 Å². The third-order valence-electron chi connectivity index (χ3n) is 3.13. The SMILES string of the molecule is CCC(COC)N1C(=O)CNC(=O)C1C(C)C. The van der Waals surface area contributed by atoms with Gasteiger partial charge in [0.15, 0.2) is 0 Å². The largest absolute Gasteiger partial charge is 0.383 e. The Morgan fingerprint density at radius 3 is 2.59 bits per heavy atom. The molecule has 0 aromatic carbocycles. The fourth-order valence-corrected chi connectivity index (χ4v) is 2.28. The van der Waals surface area contributed by atoms with Crippen LogP contribution in [0.25, 0.3) is 0 Å². The first kappa shape index (κ1) is 14.0. The van der Waals surface area contributed by atoms with Crippen molar-refractivity contribution in [3.05, 3.63) is 0 Å². The van der Waals surface area contributed by atoms with Crippen LogP contribution in [0.5, 0.6) is 0 Å². The molecule has 98 valence electrons. The maximum atomic E-state index is 12.0. The second-order valence-electron chi connectivity index (χ2n) is 4.73. The average molecular weight is 242 g/mol. The van der Waals surface area contributed by atoms with Gasteiger partial charge in [0.05, 0.1) is 19.2 Å². The Morgan fingerprint density at radius 2 is 2.12 bits per heavy atom. The third-order valence-corrected chi connectivity index (χ3v) is 3.13. The number of carbonyl (C=O) groups excluding carboxylic acids is 2. The molecule has 0 aromatic heterocycles. The van der Waals surface area contributed by atoms with Gasteiger partial charge in [0.25, 0.3) is 0 Å². The molecule has 2 atom stereocenters. The van der Waals surface area contributed by atoms with E-state index in [0.717, 1.165) is 6.42 Å². The summed E-state index contributed by atoms with van der Waals surface area (Å²) in [5.41, 5.74) is 0. The van der Waals surface area contributed by atoms with Gasteiger partial charge in [-0.15, -0.1) is 0 Å². The predicted molar refractivity (Wildman–Crippen MR) is 64.4 cm³/mol. The van der Waals surface area contributed by atoms with E-state index in [0.29, 0.717) is 6.61 Å². The fraction of sp³-hybridized carbons (Fsp3) is 0.833. The van der Waals surface area contributed by atoms with Crippen LogP contribution in [0, 0.1) is 5.92 Å². The molecule has 1 saturated heterocycles. The maximum Gasteiger partial charge on any atom is 0.243 e. The van der Waals surface area contributed by atoms with Crippen LogP contribution in [0.1, 0.15) is 27.2 Å². The van der Waals surface area contributed by atoms with Crippen LogP contribution in [0.15, 0.2) is 0 Å². The molecule has 2 unspecified atom stereocenters. The highest BCUT2D eigenvalue weighted by molar-refractivity contribution is 5.95. The van der Waals surface area contributed by atoms with Crippen molar-refractivity contribution in [1.82, 2.24) is 10.2 Å².